The van der Waals surface area contributed by atoms with Gasteiger partial charge in [0.2, 0.25) is 0 Å². The first kappa shape index (κ1) is 37.6. The lowest BCUT2D eigenvalue weighted by molar-refractivity contribution is 0.445. The van der Waals surface area contributed by atoms with Crippen molar-refractivity contribution in [3.05, 3.63) is 217 Å². The van der Waals surface area contributed by atoms with Crippen LogP contribution in [0.3, 0.4) is 0 Å². The number of aromatic nitrogens is 1. The minimum Gasteiger partial charge on any atom is -0.310 e. The van der Waals surface area contributed by atoms with E-state index in [0.717, 1.165) is 11.4 Å². The van der Waals surface area contributed by atoms with Gasteiger partial charge in [0.05, 0.1) is 16.7 Å². The molecule has 1 heterocycles. The molecule has 2 aliphatic rings. The Balaban J connectivity index is 1.05. The Bertz CT molecular complexity index is 3340. The minimum atomic E-state index is -0.126. The third-order valence-electron chi connectivity index (χ3n) is 14.4. The second kappa shape index (κ2) is 15.0. The number of nitrogens with zero attached hydrogens (tertiary/aromatic N) is 2. The third-order valence-corrected chi connectivity index (χ3v) is 14.4. The van der Waals surface area contributed by atoms with Crippen LogP contribution in [0.5, 0.6) is 0 Å². The Morgan fingerprint density at radius 3 is 1.94 bits per heavy atom. The summed E-state index contributed by atoms with van der Waals surface area (Å²) in [7, 11) is 0. The second-order valence-corrected chi connectivity index (χ2v) is 18.3. The molecule has 0 aliphatic heterocycles. The number of hydrogen-bond donors (Lipinski definition) is 0. The Hall–Kier alpha value is -7.16. The first-order valence-electron chi connectivity index (χ1n) is 22.9. The van der Waals surface area contributed by atoms with E-state index in [-0.39, 0.29) is 5.41 Å². The van der Waals surface area contributed by atoms with E-state index in [4.69, 9.17) is 0 Å². The SMILES string of the molecule is CC1(C)c2ccccc2-c2ccc(N(c3ccc(-c4cccc5c4c4ccccc4n5-c4ccccc4)cc3)c3ccccc3-c3cccc4cccc(C5CCCCC5)c34)cc21. The van der Waals surface area contributed by atoms with Gasteiger partial charge in [-0.2, -0.15) is 0 Å². The van der Waals surface area contributed by atoms with Crippen molar-refractivity contribution in [3.63, 3.8) is 0 Å². The molecule has 2 aliphatic carbocycles. The molecule has 0 atom stereocenters. The van der Waals surface area contributed by atoms with Crippen LogP contribution in [0.15, 0.2) is 200 Å². The van der Waals surface area contributed by atoms with Gasteiger partial charge < -0.3 is 9.47 Å². The van der Waals surface area contributed by atoms with E-state index in [0.29, 0.717) is 5.92 Å². The Morgan fingerprint density at radius 2 is 1.10 bits per heavy atom. The quantitative estimate of drug-likeness (QED) is 0.156. The molecule has 0 N–H and O–H groups in total. The fraction of sp³-hybridized carbons (Fsp3) is 0.148. The number of benzene rings is 9. The zero-order valence-corrected chi connectivity index (χ0v) is 36.1. The molecule has 0 saturated heterocycles. The maximum atomic E-state index is 2.52. The number of para-hydroxylation sites is 3. The fourth-order valence-corrected chi connectivity index (χ4v) is 11.4. The summed E-state index contributed by atoms with van der Waals surface area (Å²) in [5.41, 5.74) is 18.9. The molecule has 0 radical (unpaired) electrons. The Labute approximate surface area is 370 Å². The highest BCUT2D eigenvalue weighted by molar-refractivity contribution is 6.16. The predicted molar refractivity (Wildman–Crippen MR) is 267 cm³/mol. The second-order valence-electron chi connectivity index (χ2n) is 18.3. The van der Waals surface area contributed by atoms with Crippen molar-refractivity contribution in [1.82, 2.24) is 4.57 Å². The van der Waals surface area contributed by atoms with Crippen LogP contribution in [0, 0.1) is 0 Å². The van der Waals surface area contributed by atoms with Gasteiger partial charge in [0, 0.05) is 38.8 Å². The van der Waals surface area contributed by atoms with Crippen molar-refractivity contribution < 1.29 is 0 Å². The fourth-order valence-electron chi connectivity index (χ4n) is 11.4. The average Bonchev–Trinajstić information content (AvgIpc) is 3.80. The van der Waals surface area contributed by atoms with Crippen LogP contribution in [0.4, 0.5) is 17.1 Å². The molecule has 1 fully saturated rings. The number of anilines is 3. The summed E-state index contributed by atoms with van der Waals surface area (Å²) >= 11 is 0. The van der Waals surface area contributed by atoms with Gasteiger partial charge in [0.1, 0.15) is 0 Å². The van der Waals surface area contributed by atoms with Gasteiger partial charge in [-0.05, 0) is 129 Å². The summed E-state index contributed by atoms with van der Waals surface area (Å²) in [4.78, 5) is 2.52. The van der Waals surface area contributed by atoms with Gasteiger partial charge in [-0.3, -0.25) is 0 Å². The molecule has 1 aromatic heterocycles. The molecule has 12 rings (SSSR count). The molecule has 63 heavy (non-hydrogen) atoms. The molecular formula is C61H50N2. The van der Waals surface area contributed by atoms with E-state index < -0.39 is 0 Å². The average molecular weight is 811 g/mol. The molecule has 0 bridgehead atoms. The van der Waals surface area contributed by atoms with E-state index in [1.807, 2.05) is 0 Å². The van der Waals surface area contributed by atoms with Gasteiger partial charge in [0.25, 0.3) is 0 Å². The van der Waals surface area contributed by atoms with E-state index in [1.54, 1.807) is 0 Å². The molecular weight excluding hydrogens is 761 g/mol. The molecule has 9 aromatic carbocycles. The van der Waals surface area contributed by atoms with E-state index in [1.165, 1.54) is 126 Å². The first-order chi connectivity index (χ1) is 31.0. The van der Waals surface area contributed by atoms with Gasteiger partial charge in [-0.15, -0.1) is 0 Å². The van der Waals surface area contributed by atoms with E-state index in [9.17, 15) is 0 Å². The monoisotopic (exact) mass is 810 g/mol. The number of hydrogen-bond acceptors (Lipinski definition) is 1. The van der Waals surface area contributed by atoms with Crippen LogP contribution >= 0.6 is 0 Å². The summed E-state index contributed by atoms with van der Waals surface area (Å²) in [6.45, 7) is 4.76. The van der Waals surface area contributed by atoms with Crippen molar-refractivity contribution in [2.24, 2.45) is 0 Å². The Kier molecular flexibility index (Phi) is 8.97. The summed E-state index contributed by atoms with van der Waals surface area (Å²) < 4.78 is 2.40. The minimum absolute atomic E-state index is 0.126. The van der Waals surface area contributed by atoms with E-state index in [2.05, 4.69) is 224 Å². The molecule has 0 amide bonds. The van der Waals surface area contributed by atoms with Crippen LogP contribution in [0.1, 0.15) is 68.6 Å². The van der Waals surface area contributed by atoms with E-state index >= 15 is 0 Å². The zero-order chi connectivity index (χ0) is 42.1. The van der Waals surface area contributed by atoms with Crippen LogP contribution < -0.4 is 4.90 Å². The predicted octanol–water partition coefficient (Wildman–Crippen LogP) is 17.1. The lowest BCUT2D eigenvalue weighted by Crippen LogP contribution is -2.17. The van der Waals surface area contributed by atoms with Crippen LogP contribution in [-0.4, -0.2) is 4.57 Å². The maximum absolute atomic E-state index is 2.52. The summed E-state index contributed by atoms with van der Waals surface area (Å²) in [5.74, 6) is 0.589. The van der Waals surface area contributed by atoms with Gasteiger partial charge in [-0.25, -0.2) is 0 Å². The first-order valence-corrected chi connectivity index (χ1v) is 22.9. The highest BCUT2D eigenvalue weighted by atomic mass is 15.1. The van der Waals surface area contributed by atoms with Crippen molar-refractivity contribution >= 4 is 49.6 Å². The molecule has 2 nitrogen and oxygen atoms in total. The van der Waals surface area contributed by atoms with Crippen molar-refractivity contribution in [1.29, 1.82) is 0 Å². The largest absolute Gasteiger partial charge is 0.310 e. The van der Waals surface area contributed by atoms with Crippen molar-refractivity contribution in [2.75, 3.05) is 4.90 Å². The topological polar surface area (TPSA) is 8.17 Å². The van der Waals surface area contributed by atoms with Crippen molar-refractivity contribution in [3.8, 4) is 39.1 Å². The van der Waals surface area contributed by atoms with Gasteiger partial charge in [-0.1, -0.05) is 179 Å². The summed E-state index contributed by atoms with van der Waals surface area (Å²) in [5, 5.41) is 5.26. The van der Waals surface area contributed by atoms with Crippen LogP contribution in [-0.2, 0) is 5.41 Å². The van der Waals surface area contributed by atoms with Crippen LogP contribution in [0.2, 0.25) is 0 Å². The molecule has 10 aromatic rings. The standard InChI is InChI=1S/C61H50N2/c1-61(2)54-30-12-9-24-49(54)50-39-38-46(40-55(50)61)62(56-31-13-10-25-51(56)52-29-16-21-43-20-15-27-47(59(43)52)41-18-5-3-6-19-41)45-36-34-42(35-37-45)48-28-17-33-58-60(48)53-26-11-14-32-57(53)63(58)44-22-7-4-8-23-44/h4,7-17,20-41H,3,5-6,18-19H2,1-2H3. The highest BCUT2D eigenvalue weighted by Gasteiger charge is 2.36. The molecule has 0 unspecified atom stereocenters. The third kappa shape index (κ3) is 6.07. The van der Waals surface area contributed by atoms with Gasteiger partial charge >= 0.3 is 0 Å². The van der Waals surface area contributed by atoms with Crippen molar-refractivity contribution in [2.45, 2.75) is 57.3 Å². The molecule has 2 heteroatoms. The van der Waals surface area contributed by atoms with Gasteiger partial charge in [0.15, 0.2) is 0 Å². The summed E-state index contributed by atoms with van der Waals surface area (Å²) in [6, 6.07) is 74.8. The van der Waals surface area contributed by atoms with Crippen LogP contribution in [0.25, 0.3) is 71.6 Å². The lowest BCUT2D eigenvalue weighted by atomic mass is 9.80. The summed E-state index contributed by atoms with van der Waals surface area (Å²) in [6.07, 6.45) is 6.50. The molecule has 0 spiro atoms. The number of rotatable bonds is 7. The normalized spacial score (nSPS) is 14.6. The maximum Gasteiger partial charge on any atom is 0.0547 e. The molecule has 1 saturated carbocycles. The highest BCUT2D eigenvalue weighted by Crippen LogP contribution is 2.52. The molecule has 304 valence electrons. The Morgan fingerprint density at radius 1 is 0.460 bits per heavy atom. The zero-order valence-electron chi connectivity index (χ0n) is 36.1. The number of fused-ring (bicyclic) bond motifs is 7. The smallest absolute Gasteiger partial charge is 0.0547 e. The lowest BCUT2D eigenvalue weighted by Gasteiger charge is -2.30.